The molecule has 8 nitrogen and oxygen atoms in total. The number of carbonyl (C=O) groups is 3. The first-order valence-corrected chi connectivity index (χ1v) is 8.58. The predicted molar refractivity (Wildman–Crippen MR) is 100 cm³/mol. The van der Waals surface area contributed by atoms with Crippen LogP contribution in [-0.2, 0) is 20.7 Å². The third kappa shape index (κ3) is 5.73. The van der Waals surface area contributed by atoms with E-state index < -0.39 is 29.6 Å². The zero-order valence-electron chi connectivity index (χ0n) is 15.9. The van der Waals surface area contributed by atoms with Crippen molar-refractivity contribution in [3.63, 3.8) is 0 Å². The zero-order valence-corrected chi connectivity index (χ0v) is 15.9. The quantitative estimate of drug-likeness (QED) is 0.716. The number of nitrogens with one attached hydrogen (secondary N) is 2. The van der Waals surface area contributed by atoms with Crippen molar-refractivity contribution in [1.82, 2.24) is 15.2 Å². The molecule has 27 heavy (non-hydrogen) atoms. The van der Waals surface area contributed by atoms with Gasteiger partial charge in [-0.15, -0.1) is 0 Å². The van der Waals surface area contributed by atoms with Gasteiger partial charge in [0.2, 0.25) is 5.91 Å². The van der Waals surface area contributed by atoms with Gasteiger partial charge in [-0.1, -0.05) is 18.2 Å². The maximum atomic E-state index is 12.2. The Morgan fingerprint density at radius 2 is 1.93 bits per heavy atom. The highest BCUT2D eigenvalue weighted by atomic mass is 16.6. The van der Waals surface area contributed by atoms with E-state index in [2.05, 4.69) is 10.3 Å². The van der Waals surface area contributed by atoms with Gasteiger partial charge in [-0.3, -0.25) is 4.79 Å². The lowest BCUT2D eigenvalue weighted by Gasteiger charge is -2.24. The smallest absolute Gasteiger partial charge is 0.410 e. The fourth-order valence-electron chi connectivity index (χ4n) is 2.58. The fraction of sp³-hybridized carbons (Fsp3) is 0.421. The average molecular weight is 375 g/mol. The summed E-state index contributed by atoms with van der Waals surface area (Å²) in [5.41, 5.74) is 1.01. The molecule has 146 valence electrons. The third-order valence-electron chi connectivity index (χ3n) is 3.82. The van der Waals surface area contributed by atoms with E-state index in [9.17, 15) is 19.5 Å². The van der Waals surface area contributed by atoms with E-state index in [1.165, 1.54) is 7.05 Å². The number of carbonyl (C=O) groups excluding carboxylic acids is 2. The summed E-state index contributed by atoms with van der Waals surface area (Å²) in [6, 6.07) is 6.42. The molecule has 1 heterocycles. The first-order valence-electron chi connectivity index (χ1n) is 8.58. The summed E-state index contributed by atoms with van der Waals surface area (Å²) in [6.07, 6.45) is 1.21. The number of hydrogen-bond donors (Lipinski definition) is 3. The predicted octanol–water partition coefficient (Wildman–Crippen LogP) is 2.15. The number of H-pyrrole nitrogens is 1. The Hall–Kier alpha value is -3.03. The van der Waals surface area contributed by atoms with Crippen molar-refractivity contribution in [3.05, 3.63) is 36.0 Å². The number of amides is 2. The molecule has 2 aromatic rings. The van der Waals surface area contributed by atoms with Gasteiger partial charge < -0.3 is 25.0 Å². The van der Waals surface area contributed by atoms with Crippen LogP contribution in [0.2, 0.25) is 0 Å². The van der Waals surface area contributed by atoms with E-state index in [0.29, 0.717) is 0 Å². The highest BCUT2D eigenvalue weighted by Gasteiger charge is 2.25. The van der Waals surface area contributed by atoms with Crippen LogP contribution in [0.1, 0.15) is 26.3 Å². The molecule has 0 aliphatic rings. The van der Waals surface area contributed by atoms with Crippen LogP contribution < -0.4 is 5.32 Å². The number of hydrogen-bond acceptors (Lipinski definition) is 4. The minimum atomic E-state index is -1.14. The Morgan fingerprint density at radius 1 is 1.26 bits per heavy atom. The molecule has 1 aromatic heterocycles. The zero-order chi connectivity index (χ0) is 20.2. The van der Waals surface area contributed by atoms with Gasteiger partial charge in [-0.2, -0.15) is 0 Å². The van der Waals surface area contributed by atoms with Crippen LogP contribution in [-0.4, -0.2) is 58.2 Å². The Kier molecular flexibility index (Phi) is 6.09. The van der Waals surface area contributed by atoms with E-state index >= 15 is 0 Å². The molecule has 0 spiro atoms. The molecule has 8 heteroatoms. The fourth-order valence-corrected chi connectivity index (χ4v) is 2.58. The summed E-state index contributed by atoms with van der Waals surface area (Å²) >= 11 is 0. The number of carboxylic acids is 1. The first-order chi connectivity index (χ1) is 12.6. The minimum Gasteiger partial charge on any atom is -0.480 e. The topological polar surface area (TPSA) is 112 Å². The Balaban J connectivity index is 2.00. The number of fused-ring (bicyclic) bond motifs is 1. The number of carboxylic acid groups (broad SMARTS) is 1. The molecule has 0 unspecified atom stereocenters. The normalized spacial score (nSPS) is 12.4. The summed E-state index contributed by atoms with van der Waals surface area (Å²) in [4.78, 5) is 39.9. The summed E-state index contributed by atoms with van der Waals surface area (Å²) in [5, 5.41) is 12.8. The number of aliphatic carboxylic acids is 1. The molecule has 0 saturated carbocycles. The van der Waals surface area contributed by atoms with Gasteiger partial charge in [-0.25, -0.2) is 9.59 Å². The molecular formula is C19H25N3O5. The van der Waals surface area contributed by atoms with Crippen molar-refractivity contribution >= 4 is 28.9 Å². The first kappa shape index (κ1) is 20.3. The van der Waals surface area contributed by atoms with E-state index in [1.54, 1.807) is 27.0 Å². The lowest BCUT2D eigenvalue weighted by molar-refractivity contribution is -0.141. The summed E-state index contributed by atoms with van der Waals surface area (Å²) < 4.78 is 5.17. The number of ether oxygens (including phenoxy) is 1. The molecule has 1 atom stereocenters. The Morgan fingerprint density at radius 3 is 2.56 bits per heavy atom. The van der Waals surface area contributed by atoms with Gasteiger partial charge in [0.25, 0.3) is 0 Å². The number of benzene rings is 1. The van der Waals surface area contributed by atoms with Crippen molar-refractivity contribution in [2.24, 2.45) is 0 Å². The van der Waals surface area contributed by atoms with Crippen LogP contribution in [0.25, 0.3) is 10.9 Å². The number of para-hydroxylation sites is 1. The van der Waals surface area contributed by atoms with Crippen molar-refractivity contribution in [2.75, 3.05) is 13.6 Å². The van der Waals surface area contributed by atoms with Crippen LogP contribution in [0, 0.1) is 0 Å². The highest BCUT2D eigenvalue weighted by molar-refractivity contribution is 5.88. The monoisotopic (exact) mass is 375 g/mol. The van der Waals surface area contributed by atoms with Gasteiger partial charge >= 0.3 is 12.1 Å². The van der Waals surface area contributed by atoms with Gasteiger partial charge in [0.05, 0.1) is 0 Å². The van der Waals surface area contributed by atoms with Crippen molar-refractivity contribution in [2.45, 2.75) is 38.8 Å². The van der Waals surface area contributed by atoms with E-state index in [0.717, 1.165) is 21.4 Å². The maximum Gasteiger partial charge on any atom is 0.410 e. The van der Waals surface area contributed by atoms with Crippen molar-refractivity contribution in [1.29, 1.82) is 0 Å². The summed E-state index contributed by atoms with van der Waals surface area (Å²) in [7, 11) is 1.42. The molecule has 1 aromatic carbocycles. The molecule has 0 aliphatic heterocycles. The number of aromatic amines is 1. The van der Waals surface area contributed by atoms with Crippen LogP contribution >= 0.6 is 0 Å². The summed E-state index contributed by atoms with van der Waals surface area (Å²) in [5.74, 6) is -1.72. The molecule has 0 aliphatic carbocycles. The van der Waals surface area contributed by atoms with Gasteiger partial charge in [0, 0.05) is 30.6 Å². The van der Waals surface area contributed by atoms with E-state index in [1.807, 2.05) is 24.3 Å². The standard InChI is InChI=1S/C19H25N3O5/c1-19(2,3)27-18(26)22(4)11-16(23)21-15(17(24)25)9-12-10-20-14-8-6-5-7-13(12)14/h5-8,10,15,20H,9,11H2,1-4H3,(H,21,23)(H,24,25)/t15-/m0/s1. The van der Waals surface area contributed by atoms with E-state index in [-0.39, 0.29) is 13.0 Å². The second-order valence-corrected chi connectivity index (χ2v) is 7.36. The molecule has 0 bridgehead atoms. The number of rotatable bonds is 6. The third-order valence-corrected chi connectivity index (χ3v) is 3.82. The number of aromatic nitrogens is 1. The molecule has 3 N–H and O–H groups in total. The second kappa shape index (κ2) is 8.11. The SMILES string of the molecule is CN(CC(=O)N[C@@H](Cc1c[nH]c2ccccc12)C(=O)O)C(=O)OC(C)(C)C. The Labute approximate surface area is 157 Å². The van der Waals surface area contributed by atoms with Crippen LogP contribution in [0.4, 0.5) is 4.79 Å². The Bertz CT molecular complexity index is 837. The molecular weight excluding hydrogens is 350 g/mol. The molecule has 2 amide bonds. The second-order valence-electron chi connectivity index (χ2n) is 7.36. The lowest BCUT2D eigenvalue weighted by Crippen LogP contribution is -2.47. The average Bonchev–Trinajstić information content (AvgIpc) is 2.95. The highest BCUT2D eigenvalue weighted by Crippen LogP contribution is 2.19. The van der Waals surface area contributed by atoms with Crippen molar-refractivity contribution in [3.8, 4) is 0 Å². The van der Waals surface area contributed by atoms with Crippen molar-refractivity contribution < 1.29 is 24.2 Å². The minimum absolute atomic E-state index is 0.126. The summed E-state index contributed by atoms with van der Waals surface area (Å²) in [6.45, 7) is 4.87. The maximum absolute atomic E-state index is 12.2. The van der Waals surface area contributed by atoms with Gasteiger partial charge in [-0.05, 0) is 32.4 Å². The van der Waals surface area contributed by atoms with Gasteiger partial charge in [0.1, 0.15) is 18.2 Å². The van der Waals surface area contributed by atoms with Gasteiger partial charge in [0.15, 0.2) is 0 Å². The van der Waals surface area contributed by atoms with Crippen LogP contribution in [0.15, 0.2) is 30.5 Å². The number of likely N-dealkylation sites (N-methyl/N-ethyl adjacent to an activating group) is 1. The largest absolute Gasteiger partial charge is 0.480 e. The molecule has 0 radical (unpaired) electrons. The van der Waals surface area contributed by atoms with Crippen LogP contribution in [0.3, 0.4) is 0 Å². The van der Waals surface area contributed by atoms with Crippen LogP contribution in [0.5, 0.6) is 0 Å². The lowest BCUT2D eigenvalue weighted by atomic mass is 10.0. The number of nitrogens with zero attached hydrogens (tertiary/aromatic N) is 1. The molecule has 0 saturated heterocycles. The molecule has 0 fully saturated rings. The van der Waals surface area contributed by atoms with E-state index in [4.69, 9.17) is 4.74 Å². The molecule has 2 rings (SSSR count).